The molecule has 19 heavy (non-hydrogen) atoms. The quantitative estimate of drug-likeness (QED) is 0.895. The Morgan fingerprint density at radius 1 is 1.00 bits per heavy atom. The molecule has 0 aliphatic heterocycles. The highest BCUT2D eigenvalue weighted by Gasteiger charge is 2.53. The van der Waals surface area contributed by atoms with E-state index in [2.05, 4.69) is 0 Å². The SMILES string of the molecule is OC(C=Cc1ccccc1)(c1cccs1)C(F)(F)F. The normalized spacial score (nSPS) is 15.6. The van der Waals surface area contributed by atoms with Gasteiger partial charge in [0.1, 0.15) is 0 Å². The van der Waals surface area contributed by atoms with Gasteiger partial charge in [-0.3, -0.25) is 0 Å². The summed E-state index contributed by atoms with van der Waals surface area (Å²) in [5, 5.41) is 11.5. The zero-order valence-electron chi connectivity index (χ0n) is 9.76. The molecule has 1 nitrogen and oxygen atoms in total. The van der Waals surface area contributed by atoms with Gasteiger partial charge >= 0.3 is 6.18 Å². The van der Waals surface area contributed by atoms with Gasteiger partial charge in [0, 0.05) is 4.88 Å². The maximum atomic E-state index is 13.1. The molecule has 0 bridgehead atoms. The standard InChI is InChI=1S/C14H11F3OS/c15-14(16,17)13(18,12-7-4-10-19-12)9-8-11-5-2-1-3-6-11/h1-10,18H. The highest BCUT2D eigenvalue weighted by Crippen LogP contribution is 2.42. The van der Waals surface area contributed by atoms with Crippen molar-refractivity contribution in [1.82, 2.24) is 0 Å². The van der Waals surface area contributed by atoms with Crippen molar-refractivity contribution in [3.8, 4) is 0 Å². The van der Waals surface area contributed by atoms with E-state index in [4.69, 9.17) is 0 Å². The number of thiophene rings is 1. The van der Waals surface area contributed by atoms with Crippen LogP contribution in [0.15, 0.2) is 53.9 Å². The van der Waals surface area contributed by atoms with Crippen LogP contribution < -0.4 is 0 Å². The molecular formula is C14H11F3OS. The fraction of sp³-hybridized carbons (Fsp3) is 0.143. The monoisotopic (exact) mass is 284 g/mol. The Morgan fingerprint density at radius 3 is 2.21 bits per heavy atom. The van der Waals surface area contributed by atoms with Gasteiger partial charge in [-0.2, -0.15) is 13.2 Å². The zero-order valence-corrected chi connectivity index (χ0v) is 10.6. The lowest BCUT2D eigenvalue weighted by atomic mass is 9.99. The molecule has 0 amide bonds. The summed E-state index contributed by atoms with van der Waals surface area (Å²) in [5.74, 6) is 0. The fourth-order valence-corrected chi connectivity index (χ4v) is 2.42. The molecule has 2 rings (SSSR count). The molecule has 100 valence electrons. The molecule has 0 saturated carbocycles. The van der Waals surface area contributed by atoms with Crippen molar-refractivity contribution >= 4 is 17.4 Å². The Hall–Kier alpha value is -1.59. The van der Waals surface area contributed by atoms with E-state index < -0.39 is 11.8 Å². The van der Waals surface area contributed by atoms with Gasteiger partial charge in [-0.05, 0) is 23.1 Å². The molecule has 1 atom stereocenters. The summed E-state index contributed by atoms with van der Waals surface area (Å²) in [6, 6.07) is 11.3. The van der Waals surface area contributed by atoms with Gasteiger partial charge in [0.25, 0.3) is 0 Å². The van der Waals surface area contributed by atoms with Gasteiger partial charge < -0.3 is 5.11 Å². The van der Waals surface area contributed by atoms with E-state index in [0.717, 1.165) is 17.4 Å². The fourth-order valence-electron chi connectivity index (χ4n) is 1.59. The summed E-state index contributed by atoms with van der Waals surface area (Å²) in [7, 11) is 0. The van der Waals surface area contributed by atoms with Crippen LogP contribution in [0.5, 0.6) is 0 Å². The molecule has 0 aliphatic rings. The maximum absolute atomic E-state index is 13.1. The Bertz CT molecular complexity index is 546. The third-order valence-corrected chi connectivity index (χ3v) is 3.64. The first-order chi connectivity index (χ1) is 8.93. The predicted octanol–water partition coefficient (Wildman–Crippen LogP) is 4.21. The lowest BCUT2D eigenvalue weighted by Gasteiger charge is -2.26. The average molecular weight is 284 g/mol. The van der Waals surface area contributed by atoms with Gasteiger partial charge in [-0.1, -0.05) is 42.5 Å². The van der Waals surface area contributed by atoms with Crippen LogP contribution in [0, 0.1) is 0 Å². The molecule has 5 heteroatoms. The topological polar surface area (TPSA) is 20.2 Å². The number of hydrogen-bond acceptors (Lipinski definition) is 2. The Kier molecular flexibility index (Phi) is 3.78. The van der Waals surface area contributed by atoms with Crippen LogP contribution in [0.4, 0.5) is 13.2 Å². The second-order valence-corrected chi connectivity index (χ2v) is 4.93. The van der Waals surface area contributed by atoms with Crippen molar-refractivity contribution in [2.24, 2.45) is 0 Å². The lowest BCUT2D eigenvalue weighted by molar-refractivity contribution is -0.243. The second kappa shape index (κ2) is 5.19. The first-order valence-corrected chi connectivity index (χ1v) is 6.39. The van der Waals surface area contributed by atoms with E-state index in [-0.39, 0.29) is 4.88 Å². The van der Waals surface area contributed by atoms with Crippen LogP contribution in [-0.4, -0.2) is 11.3 Å². The van der Waals surface area contributed by atoms with Crippen molar-refractivity contribution in [3.05, 3.63) is 64.4 Å². The van der Waals surface area contributed by atoms with Gasteiger partial charge in [0.2, 0.25) is 5.60 Å². The Balaban J connectivity index is 2.38. The first kappa shape index (κ1) is 13.8. The minimum atomic E-state index is -4.76. The van der Waals surface area contributed by atoms with Crippen LogP contribution in [0.1, 0.15) is 10.4 Å². The third-order valence-electron chi connectivity index (χ3n) is 2.65. The second-order valence-electron chi connectivity index (χ2n) is 3.99. The summed E-state index contributed by atoms with van der Waals surface area (Å²) in [6.45, 7) is 0. The van der Waals surface area contributed by atoms with Crippen LogP contribution >= 0.6 is 11.3 Å². The predicted molar refractivity (Wildman–Crippen MR) is 69.7 cm³/mol. The maximum Gasteiger partial charge on any atom is 0.425 e. The summed E-state index contributed by atoms with van der Waals surface area (Å²) in [6.07, 6.45) is -2.70. The van der Waals surface area contributed by atoms with Crippen molar-refractivity contribution < 1.29 is 18.3 Å². The van der Waals surface area contributed by atoms with E-state index in [1.165, 1.54) is 23.6 Å². The summed E-state index contributed by atoms with van der Waals surface area (Å²) < 4.78 is 39.2. The van der Waals surface area contributed by atoms with Gasteiger partial charge in [-0.25, -0.2) is 0 Å². The number of aliphatic hydroxyl groups is 1. The largest absolute Gasteiger partial charge is 0.425 e. The van der Waals surface area contributed by atoms with Crippen LogP contribution in [0.25, 0.3) is 6.08 Å². The number of rotatable bonds is 3. The summed E-state index contributed by atoms with van der Waals surface area (Å²) in [4.78, 5) is -0.146. The van der Waals surface area contributed by atoms with Crippen molar-refractivity contribution in [2.45, 2.75) is 11.8 Å². The molecule has 1 unspecified atom stereocenters. The number of alkyl halides is 3. The van der Waals surface area contributed by atoms with E-state index in [1.54, 1.807) is 30.3 Å². The molecule has 0 fully saturated rings. The molecule has 1 aromatic heterocycles. The van der Waals surface area contributed by atoms with Crippen LogP contribution in [0.3, 0.4) is 0 Å². The molecule has 1 heterocycles. The molecule has 1 N–H and O–H groups in total. The van der Waals surface area contributed by atoms with Crippen LogP contribution in [0.2, 0.25) is 0 Å². The van der Waals surface area contributed by atoms with E-state index in [9.17, 15) is 18.3 Å². The molecule has 0 aliphatic carbocycles. The van der Waals surface area contributed by atoms with Crippen molar-refractivity contribution in [3.63, 3.8) is 0 Å². The van der Waals surface area contributed by atoms with Gasteiger partial charge in [0.15, 0.2) is 0 Å². The molecule has 0 radical (unpaired) electrons. The molecule has 1 aromatic carbocycles. The molecular weight excluding hydrogens is 273 g/mol. The summed E-state index contributed by atoms with van der Waals surface area (Å²) >= 11 is 0.871. The average Bonchev–Trinajstić information content (AvgIpc) is 2.90. The third kappa shape index (κ3) is 2.88. The van der Waals surface area contributed by atoms with E-state index in [0.29, 0.717) is 5.56 Å². The van der Waals surface area contributed by atoms with Gasteiger partial charge in [-0.15, -0.1) is 11.3 Å². The molecule has 0 spiro atoms. The lowest BCUT2D eigenvalue weighted by Crippen LogP contribution is -2.39. The zero-order chi connectivity index (χ0) is 13.9. The molecule has 2 aromatic rings. The van der Waals surface area contributed by atoms with Gasteiger partial charge in [0.05, 0.1) is 0 Å². The summed E-state index contributed by atoms with van der Waals surface area (Å²) in [5.41, 5.74) is -2.35. The minimum Gasteiger partial charge on any atom is -0.372 e. The smallest absolute Gasteiger partial charge is 0.372 e. The van der Waals surface area contributed by atoms with E-state index >= 15 is 0 Å². The highest BCUT2D eigenvalue weighted by molar-refractivity contribution is 7.10. The number of halogens is 3. The Labute approximate surface area is 112 Å². The van der Waals surface area contributed by atoms with Crippen LogP contribution in [-0.2, 0) is 5.60 Å². The highest BCUT2D eigenvalue weighted by atomic mass is 32.1. The van der Waals surface area contributed by atoms with E-state index in [1.807, 2.05) is 0 Å². The minimum absolute atomic E-state index is 0.146. The Morgan fingerprint density at radius 2 is 1.68 bits per heavy atom. The number of benzene rings is 1. The first-order valence-electron chi connectivity index (χ1n) is 5.51. The number of hydrogen-bond donors (Lipinski definition) is 1. The molecule has 0 saturated heterocycles. The van der Waals surface area contributed by atoms with Crippen molar-refractivity contribution in [1.29, 1.82) is 0 Å². The van der Waals surface area contributed by atoms with Crippen molar-refractivity contribution in [2.75, 3.05) is 0 Å².